The summed E-state index contributed by atoms with van der Waals surface area (Å²) in [5.41, 5.74) is 2.05. The Labute approximate surface area is 147 Å². The fraction of sp³-hybridized carbons (Fsp3) is 0.353. The molecule has 0 saturated carbocycles. The van der Waals surface area contributed by atoms with Gasteiger partial charge in [0.2, 0.25) is 0 Å². The molecule has 0 radical (unpaired) electrons. The van der Waals surface area contributed by atoms with E-state index in [9.17, 15) is 8.42 Å². The van der Waals surface area contributed by atoms with E-state index in [0.29, 0.717) is 18.1 Å². The molecule has 1 saturated heterocycles. The lowest BCUT2D eigenvalue weighted by molar-refractivity contribution is 0.302. The van der Waals surface area contributed by atoms with E-state index in [0.717, 1.165) is 11.4 Å². The Morgan fingerprint density at radius 3 is 2.67 bits per heavy atom. The second kappa shape index (κ2) is 6.94. The van der Waals surface area contributed by atoms with Crippen LogP contribution in [0.15, 0.2) is 47.1 Å². The quantitative estimate of drug-likeness (QED) is 0.842. The smallest absolute Gasteiger partial charge is 0.174 e. The highest BCUT2D eigenvalue weighted by molar-refractivity contribution is 7.91. The Morgan fingerprint density at radius 1 is 1.33 bits per heavy atom. The van der Waals surface area contributed by atoms with Crippen molar-refractivity contribution in [2.75, 3.05) is 16.8 Å². The number of thiocarbonyl (C=S) groups is 1. The van der Waals surface area contributed by atoms with Crippen molar-refractivity contribution >= 4 is 32.9 Å². The topological polar surface area (TPSA) is 62.6 Å². The number of hydrogen-bond donors (Lipinski definition) is 1. The summed E-state index contributed by atoms with van der Waals surface area (Å²) in [4.78, 5) is 1.92. The van der Waals surface area contributed by atoms with Crippen LogP contribution >= 0.6 is 12.2 Å². The first kappa shape index (κ1) is 17.0. The summed E-state index contributed by atoms with van der Waals surface area (Å²) in [5.74, 6) is 1.09. The van der Waals surface area contributed by atoms with Gasteiger partial charge in [-0.15, -0.1) is 0 Å². The van der Waals surface area contributed by atoms with Crippen molar-refractivity contribution in [1.29, 1.82) is 0 Å². The van der Waals surface area contributed by atoms with E-state index in [-0.39, 0.29) is 17.5 Å². The molecule has 1 aliphatic rings. The molecule has 0 aliphatic carbocycles. The predicted octanol–water partition coefficient (Wildman–Crippen LogP) is 2.97. The lowest BCUT2D eigenvalue weighted by atomic mass is 10.2. The summed E-state index contributed by atoms with van der Waals surface area (Å²) < 4.78 is 29.1. The van der Waals surface area contributed by atoms with Gasteiger partial charge in [0.05, 0.1) is 24.3 Å². The van der Waals surface area contributed by atoms with Gasteiger partial charge in [-0.05, 0) is 49.8 Å². The molecule has 3 rings (SSSR count). The van der Waals surface area contributed by atoms with Crippen LogP contribution in [0.3, 0.4) is 0 Å². The van der Waals surface area contributed by atoms with E-state index >= 15 is 0 Å². The van der Waals surface area contributed by atoms with Gasteiger partial charge in [0.25, 0.3) is 0 Å². The maximum atomic E-state index is 11.9. The highest BCUT2D eigenvalue weighted by Gasteiger charge is 2.34. The number of furan rings is 1. The molecule has 2 heterocycles. The lowest BCUT2D eigenvalue weighted by Crippen LogP contribution is -2.42. The largest absolute Gasteiger partial charge is 0.467 e. The predicted molar refractivity (Wildman–Crippen MR) is 98.7 cm³/mol. The Hall–Kier alpha value is -1.86. The molecule has 1 aromatic carbocycles. The Morgan fingerprint density at radius 2 is 2.08 bits per heavy atom. The van der Waals surface area contributed by atoms with Crippen LogP contribution in [-0.2, 0) is 16.4 Å². The van der Waals surface area contributed by atoms with Gasteiger partial charge in [-0.2, -0.15) is 0 Å². The van der Waals surface area contributed by atoms with Gasteiger partial charge in [0, 0.05) is 11.7 Å². The number of nitrogens with one attached hydrogen (secondary N) is 1. The van der Waals surface area contributed by atoms with Crippen LogP contribution in [0, 0.1) is 6.92 Å². The van der Waals surface area contributed by atoms with Crippen molar-refractivity contribution in [2.45, 2.75) is 25.9 Å². The lowest BCUT2D eigenvalue weighted by Gasteiger charge is -2.30. The molecule has 128 valence electrons. The van der Waals surface area contributed by atoms with E-state index in [1.807, 2.05) is 48.2 Å². The number of nitrogens with zero attached hydrogens (tertiary/aromatic N) is 1. The Balaban J connectivity index is 1.78. The monoisotopic (exact) mass is 364 g/mol. The molecule has 0 unspecified atom stereocenters. The number of aryl methyl sites for hydroxylation is 1. The zero-order chi connectivity index (χ0) is 17.2. The molecule has 1 atom stereocenters. The summed E-state index contributed by atoms with van der Waals surface area (Å²) in [5, 5.41) is 3.72. The van der Waals surface area contributed by atoms with E-state index < -0.39 is 9.84 Å². The van der Waals surface area contributed by atoms with Gasteiger partial charge < -0.3 is 14.6 Å². The normalized spacial score (nSPS) is 19.1. The molecule has 1 N–H and O–H groups in total. The molecule has 0 spiro atoms. The second-order valence-electron chi connectivity index (χ2n) is 6.06. The van der Waals surface area contributed by atoms with Crippen LogP contribution in [0.2, 0.25) is 0 Å². The van der Waals surface area contributed by atoms with Crippen LogP contribution in [0.25, 0.3) is 0 Å². The van der Waals surface area contributed by atoms with Crippen molar-refractivity contribution in [3.8, 4) is 0 Å². The van der Waals surface area contributed by atoms with Crippen molar-refractivity contribution in [1.82, 2.24) is 4.90 Å². The van der Waals surface area contributed by atoms with E-state index in [4.69, 9.17) is 16.6 Å². The maximum Gasteiger partial charge on any atom is 0.174 e. The third-order valence-electron chi connectivity index (χ3n) is 4.12. The average molecular weight is 364 g/mol. The van der Waals surface area contributed by atoms with Crippen LogP contribution in [0.4, 0.5) is 5.69 Å². The summed E-state index contributed by atoms with van der Waals surface area (Å²) in [6, 6.07) is 11.5. The van der Waals surface area contributed by atoms with Crippen molar-refractivity contribution in [3.05, 3.63) is 54.0 Å². The standard InChI is InChI=1S/C17H20N2O3S2/c1-13-4-6-14(7-5-13)18-17(23)19(11-16-3-2-9-22-16)15-8-10-24(20,21)12-15/h2-7,9,15H,8,10-12H2,1H3,(H,18,23)/t15-/m0/s1. The molecule has 0 bridgehead atoms. The van der Waals surface area contributed by atoms with Crippen LogP contribution < -0.4 is 5.32 Å². The number of hydrogen-bond acceptors (Lipinski definition) is 4. The van der Waals surface area contributed by atoms with Gasteiger partial charge >= 0.3 is 0 Å². The van der Waals surface area contributed by atoms with Gasteiger partial charge in [0.15, 0.2) is 14.9 Å². The molecule has 7 heteroatoms. The van der Waals surface area contributed by atoms with E-state index in [2.05, 4.69) is 5.32 Å². The highest BCUT2D eigenvalue weighted by Crippen LogP contribution is 2.22. The fourth-order valence-electron chi connectivity index (χ4n) is 2.79. The first-order valence-corrected chi connectivity index (χ1v) is 10.0. The molecule has 1 fully saturated rings. The van der Waals surface area contributed by atoms with Gasteiger partial charge in [-0.1, -0.05) is 17.7 Å². The number of rotatable bonds is 4. The fourth-order valence-corrected chi connectivity index (χ4v) is 4.85. The maximum absolute atomic E-state index is 11.9. The molecular formula is C17H20N2O3S2. The molecule has 0 amide bonds. The molecule has 1 aromatic heterocycles. The van der Waals surface area contributed by atoms with Crippen LogP contribution in [0.5, 0.6) is 0 Å². The molecule has 24 heavy (non-hydrogen) atoms. The number of sulfone groups is 1. The average Bonchev–Trinajstić information content (AvgIpc) is 3.16. The van der Waals surface area contributed by atoms with E-state index in [1.165, 1.54) is 5.56 Å². The number of anilines is 1. The summed E-state index contributed by atoms with van der Waals surface area (Å²) in [6.45, 7) is 2.47. The third-order valence-corrected chi connectivity index (χ3v) is 6.21. The summed E-state index contributed by atoms with van der Waals surface area (Å²) in [6.07, 6.45) is 2.19. The first-order valence-electron chi connectivity index (χ1n) is 7.80. The highest BCUT2D eigenvalue weighted by atomic mass is 32.2. The molecular weight excluding hydrogens is 344 g/mol. The third kappa shape index (κ3) is 4.15. The zero-order valence-electron chi connectivity index (χ0n) is 13.4. The SMILES string of the molecule is Cc1ccc(NC(=S)N(Cc2ccco2)[C@H]2CCS(=O)(=O)C2)cc1. The minimum absolute atomic E-state index is 0.128. The Bertz CT molecular complexity index is 799. The summed E-state index contributed by atoms with van der Waals surface area (Å²) in [7, 11) is -2.99. The van der Waals surface area contributed by atoms with E-state index in [1.54, 1.807) is 6.26 Å². The van der Waals surface area contributed by atoms with Gasteiger partial charge in [-0.25, -0.2) is 8.42 Å². The van der Waals surface area contributed by atoms with Crippen LogP contribution in [-0.4, -0.2) is 36.0 Å². The number of benzene rings is 1. The minimum atomic E-state index is -2.99. The first-order chi connectivity index (χ1) is 11.4. The molecule has 5 nitrogen and oxygen atoms in total. The van der Waals surface area contributed by atoms with Gasteiger partial charge in [0.1, 0.15) is 5.76 Å². The summed E-state index contributed by atoms with van der Waals surface area (Å²) >= 11 is 5.55. The van der Waals surface area contributed by atoms with Crippen molar-refractivity contribution in [2.24, 2.45) is 0 Å². The minimum Gasteiger partial charge on any atom is -0.467 e. The molecule has 1 aliphatic heterocycles. The van der Waals surface area contributed by atoms with Crippen LogP contribution in [0.1, 0.15) is 17.7 Å². The van der Waals surface area contributed by atoms with Crippen molar-refractivity contribution in [3.63, 3.8) is 0 Å². The second-order valence-corrected chi connectivity index (χ2v) is 8.68. The molecule has 2 aromatic rings. The zero-order valence-corrected chi connectivity index (χ0v) is 15.1. The van der Waals surface area contributed by atoms with Crippen molar-refractivity contribution < 1.29 is 12.8 Å². The van der Waals surface area contributed by atoms with Gasteiger partial charge in [-0.3, -0.25) is 0 Å². The Kier molecular flexibility index (Phi) is 4.91.